The van der Waals surface area contributed by atoms with Crippen molar-refractivity contribution in [2.24, 2.45) is 0 Å². The van der Waals surface area contributed by atoms with E-state index in [0.717, 1.165) is 5.82 Å². The predicted molar refractivity (Wildman–Crippen MR) is 70.9 cm³/mol. The quantitative estimate of drug-likeness (QED) is 0.702. The van der Waals surface area contributed by atoms with E-state index in [1.807, 2.05) is 37.0 Å². The maximum Gasteiger partial charge on any atom is 0.307 e. The highest BCUT2D eigenvalue weighted by Gasteiger charge is 2.08. The standard InChI is InChI=1S/C12H20N4O2/c1-5-18-11(17)7-9-16(4)10-6-8-13-12(14-10)15(2)3/h6,8H,5,7,9H2,1-4H3. The predicted octanol–water partition coefficient (Wildman–Crippen LogP) is 0.932. The number of nitrogens with zero attached hydrogens (tertiary/aromatic N) is 4. The van der Waals surface area contributed by atoms with Crippen LogP contribution in [0.2, 0.25) is 0 Å². The Bertz CT molecular complexity index is 395. The van der Waals surface area contributed by atoms with Gasteiger partial charge in [-0.2, -0.15) is 4.98 Å². The molecular weight excluding hydrogens is 232 g/mol. The molecule has 0 aliphatic heterocycles. The lowest BCUT2D eigenvalue weighted by atomic mass is 10.4. The second-order valence-corrected chi connectivity index (χ2v) is 4.09. The molecule has 0 unspecified atom stereocenters. The van der Waals surface area contributed by atoms with Gasteiger partial charge in [-0.1, -0.05) is 0 Å². The molecule has 0 bridgehead atoms. The molecule has 18 heavy (non-hydrogen) atoms. The molecule has 0 saturated carbocycles. The summed E-state index contributed by atoms with van der Waals surface area (Å²) in [5, 5.41) is 0. The number of esters is 1. The summed E-state index contributed by atoms with van der Waals surface area (Å²) in [6.45, 7) is 2.79. The Hall–Kier alpha value is -1.85. The topological polar surface area (TPSA) is 58.6 Å². The van der Waals surface area contributed by atoms with Crippen LogP contribution >= 0.6 is 0 Å². The maximum absolute atomic E-state index is 11.3. The van der Waals surface area contributed by atoms with E-state index in [9.17, 15) is 4.79 Å². The number of carbonyl (C=O) groups excluding carboxylic acids is 1. The molecule has 1 rings (SSSR count). The zero-order chi connectivity index (χ0) is 13.5. The lowest BCUT2D eigenvalue weighted by Gasteiger charge is -2.19. The summed E-state index contributed by atoms with van der Waals surface area (Å²) < 4.78 is 4.88. The third kappa shape index (κ3) is 4.20. The van der Waals surface area contributed by atoms with Crippen molar-refractivity contribution in [1.82, 2.24) is 9.97 Å². The first-order chi connectivity index (χ1) is 8.54. The number of aromatic nitrogens is 2. The smallest absolute Gasteiger partial charge is 0.307 e. The number of hydrogen-bond donors (Lipinski definition) is 0. The highest BCUT2D eigenvalue weighted by atomic mass is 16.5. The zero-order valence-corrected chi connectivity index (χ0v) is 11.4. The lowest BCUT2D eigenvalue weighted by Crippen LogP contribution is -2.24. The summed E-state index contributed by atoms with van der Waals surface area (Å²) >= 11 is 0. The van der Waals surface area contributed by atoms with E-state index in [-0.39, 0.29) is 5.97 Å². The SMILES string of the molecule is CCOC(=O)CCN(C)c1ccnc(N(C)C)n1. The number of rotatable bonds is 6. The molecule has 0 spiro atoms. The fourth-order valence-electron chi connectivity index (χ4n) is 1.37. The minimum atomic E-state index is -0.189. The van der Waals surface area contributed by atoms with Crippen LogP contribution in [-0.2, 0) is 9.53 Å². The molecule has 6 heteroatoms. The molecule has 1 aromatic heterocycles. The van der Waals surface area contributed by atoms with Gasteiger partial charge >= 0.3 is 5.97 Å². The fraction of sp³-hybridized carbons (Fsp3) is 0.583. The van der Waals surface area contributed by atoms with Gasteiger partial charge in [-0.05, 0) is 13.0 Å². The molecule has 0 atom stereocenters. The monoisotopic (exact) mass is 252 g/mol. The molecule has 0 saturated heterocycles. The van der Waals surface area contributed by atoms with Crippen molar-refractivity contribution in [2.45, 2.75) is 13.3 Å². The van der Waals surface area contributed by atoms with Crippen LogP contribution in [0.3, 0.4) is 0 Å². The zero-order valence-electron chi connectivity index (χ0n) is 11.4. The normalized spacial score (nSPS) is 10.0. The van der Waals surface area contributed by atoms with Gasteiger partial charge in [-0.3, -0.25) is 4.79 Å². The van der Waals surface area contributed by atoms with Gasteiger partial charge in [-0.15, -0.1) is 0 Å². The van der Waals surface area contributed by atoms with Gasteiger partial charge in [0.25, 0.3) is 0 Å². The molecule has 0 fully saturated rings. The Morgan fingerprint density at radius 3 is 2.72 bits per heavy atom. The van der Waals surface area contributed by atoms with Crippen LogP contribution in [0.5, 0.6) is 0 Å². The summed E-state index contributed by atoms with van der Waals surface area (Å²) in [7, 11) is 5.66. The summed E-state index contributed by atoms with van der Waals surface area (Å²) in [6, 6.07) is 1.82. The highest BCUT2D eigenvalue weighted by Crippen LogP contribution is 2.12. The van der Waals surface area contributed by atoms with Crippen molar-refractivity contribution < 1.29 is 9.53 Å². The Labute approximate surface area is 108 Å². The molecule has 0 aromatic carbocycles. The van der Waals surface area contributed by atoms with Gasteiger partial charge in [0.2, 0.25) is 5.95 Å². The Morgan fingerprint density at radius 1 is 1.39 bits per heavy atom. The van der Waals surface area contributed by atoms with Crippen LogP contribution in [0.1, 0.15) is 13.3 Å². The third-order valence-electron chi connectivity index (χ3n) is 2.38. The minimum Gasteiger partial charge on any atom is -0.466 e. The number of hydrogen-bond acceptors (Lipinski definition) is 6. The third-order valence-corrected chi connectivity index (χ3v) is 2.38. The van der Waals surface area contributed by atoms with Gasteiger partial charge in [0.05, 0.1) is 13.0 Å². The summed E-state index contributed by atoms with van der Waals surface area (Å²) in [4.78, 5) is 23.5. The second-order valence-electron chi connectivity index (χ2n) is 4.09. The molecule has 1 aromatic rings. The second kappa shape index (κ2) is 6.78. The molecule has 0 aliphatic rings. The minimum absolute atomic E-state index is 0.189. The average molecular weight is 252 g/mol. The van der Waals surface area contributed by atoms with Crippen LogP contribution in [0.15, 0.2) is 12.3 Å². The van der Waals surface area contributed by atoms with E-state index >= 15 is 0 Å². The summed E-state index contributed by atoms with van der Waals surface area (Å²) in [5.74, 6) is 1.25. The Morgan fingerprint density at radius 2 is 2.11 bits per heavy atom. The fourth-order valence-corrected chi connectivity index (χ4v) is 1.37. The molecule has 0 radical (unpaired) electrons. The first-order valence-corrected chi connectivity index (χ1v) is 5.91. The van der Waals surface area contributed by atoms with E-state index < -0.39 is 0 Å². The van der Waals surface area contributed by atoms with Crippen LogP contribution in [0.4, 0.5) is 11.8 Å². The van der Waals surface area contributed by atoms with Gasteiger partial charge in [0, 0.05) is 33.9 Å². The lowest BCUT2D eigenvalue weighted by molar-refractivity contribution is -0.142. The van der Waals surface area contributed by atoms with Crippen molar-refractivity contribution >= 4 is 17.7 Å². The van der Waals surface area contributed by atoms with Gasteiger partial charge in [0.15, 0.2) is 0 Å². The number of anilines is 2. The number of carbonyl (C=O) groups is 1. The average Bonchev–Trinajstić information content (AvgIpc) is 2.36. The maximum atomic E-state index is 11.3. The van der Waals surface area contributed by atoms with Crippen molar-refractivity contribution in [1.29, 1.82) is 0 Å². The molecule has 0 N–H and O–H groups in total. The first kappa shape index (κ1) is 14.2. The summed E-state index contributed by atoms with van der Waals surface area (Å²) in [5.41, 5.74) is 0. The Balaban J connectivity index is 2.58. The van der Waals surface area contributed by atoms with E-state index in [1.165, 1.54) is 0 Å². The van der Waals surface area contributed by atoms with Crippen molar-refractivity contribution in [2.75, 3.05) is 44.1 Å². The van der Waals surface area contributed by atoms with Crippen molar-refractivity contribution in [3.05, 3.63) is 12.3 Å². The van der Waals surface area contributed by atoms with Gasteiger partial charge < -0.3 is 14.5 Å². The van der Waals surface area contributed by atoms with Gasteiger partial charge in [0.1, 0.15) is 5.82 Å². The molecule has 0 aliphatic carbocycles. The molecule has 100 valence electrons. The number of ether oxygens (including phenoxy) is 1. The molecule has 6 nitrogen and oxygen atoms in total. The van der Waals surface area contributed by atoms with E-state index in [2.05, 4.69) is 9.97 Å². The van der Waals surface area contributed by atoms with E-state index in [4.69, 9.17) is 4.74 Å². The summed E-state index contributed by atoms with van der Waals surface area (Å²) in [6.07, 6.45) is 2.06. The van der Waals surface area contributed by atoms with Crippen molar-refractivity contribution in [3.8, 4) is 0 Å². The highest BCUT2D eigenvalue weighted by molar-refractivity contribution is 5.70. The van der Waals surface area contributed by atoms with Crippen LogP contribution in [0, 0.1) is 0 Å². The Kier molecular flexibility index (Phi) is 5.35. The largest absolute Gasteiger partial charge is 0.466 e. The van der Waals surface area contributed by atoms with E-state index in [0.29, 0.717) is 25.5 Å². The molecular formula is C12H20N4O2. The van der Waals surface area contributed by atoms with Crippen LogP contribution in [-0.4, -0.2) is 50.2 Å². The first-order valence-electron chi connectivity index (χ1n) is 5.91. The van der Waals surface area contributed by atoms with Crippen LogP contribution in [0.25, 0.3) is 0 Å². The van der Waals surface area contributed by atoms with E-state index in [1.54, 1.807) is 13.1 Å². The molecule has 0 amide bonds. The molecule has 1 heterocycles. The van der Waals surface area contributed by atoms with Crippen molar-refractivity contribution in [3.63, 3.8) is 0 Å². The van der Waals surface area contributed by atoms with Crippen LogP contribution < -0.4 is 9.80 Å². The van der Waals surface area contributed by atoms with Gasteiger partial charge in [-0.25, -0.2) is 4.98 Å².